The van der Waals surface area contributed by atoms with Crippen LogP contribution in [0, 0.1) is 19.8 Å². The van der Waals surface area contributed by atoms with E-state index in [4.69, 9.17) is 4.74 Å². The van der Waals surface area contributed by atoms with Gasteiger partial charge in [-0.1, -0.05) is 25.1 Å². The van der Waals surface area contributed by atoms with E-state index in [-0.39, 0.29) is 18.6 Å². The fourth-order valence-corrected chi connectivity index (χ4v) is 4.51. The van der Waals surface area contributed by atoms with Crippen molar-refractivity contribution in [2.75, 3.05) is 6.61 Å². The van der Waals surface area contributed by atoms with Crippen LogP contribution >= 0.6 is 11.3 Å². The monoisotopic (exact) mass is 385 g/mol. The number of hydrogen-bond donors (Lipinski definition) is 1. The maximum atomic E-state index is 12.3. The van der Waals surface area contributed by atoms with Crippen molar-refractivity contribution >= 4 is 23.2 Å². The number of fused-ring (bicyclic) bond motifs is 1. The van der Waals surface area contributed by atoms with Crippen LogP contribution in [0.5, 0.6) is 0 Å². The number of rotatable bonds is 5. The van der Waals surface area contributed by atoms with E-state index in [0.717, 1.165) is 18.4 Å². The van der Waals surface area contributed by atoms with E-state index >= 15 is 0 Å². The van der Waals surface area contributed by atoms with Gasteiger partial charge in [0.25, 0.3) is 5.91 Å². The maximum absolute atomic E-state index is 12.3. The average molecular weight is 386 g/mol. The van der Waals surface area contributed by atoms with E-state index in [9.17, 15) is 9.59 Å². The fourth-order valence-electron chi connectivity index (χ4n) is 3.41. The summed E-state index contributed by atoms with van der Waals surface area (Å²) < 4.78 is 5.23. The van der Waals surface area contributed by atoms with Crippen LogP contribution in [0.3, 0.4) is 0 Å². The second-order valence-electron chi connectivity index (χ2n) is 7.62. The van der Waals surface area contributed by atoms with Crippen LogP contribution in [0.4, 0.5) is 0 Å². The number of esters is 1. The molecule has 0 bridgehead atoms. The molecule has 2 atom stereocenters. The number of carbonyl (C=O) groups is 2. The van der Waals surface area contributed by atoms with E-state index < -0.39 is 5.97 Å². The van der Waals surface area contributed by atoms with Gasteiger partial charge in [-0.15, -0.1) is 11.3 Å². The van der Waals surface area contributed by atoms with E-state index in [1.165, 1.54) is 39.3 Å². The third kappa shape index (κ3) is 4.78. The minimum absolute atomic E-state index is 0.133. The Morgan fingerprint density at radius 2 is 2.04 bits per heavy atom. The maximum Gasteiger partial charge on any atom is 0.348 e. The molecule has 0 saturated carbocycles. The Morgan fingerprint density at radius 3 is 2.78 bits per heavy atom. The molecular formula is C22H27NO3S. The molecule has 2 aromatic rings. The third-order valence-electron chi connectivity index (χ3n) is 5.27. The van der Waals surface area contributed by atoms with Gasteiger partial charge in [0.1, 0.15) is 4.88 Å². The summed E-state index contributed by atoms with van der Waals surface area (Å²) in [6.45, 7) is 8.02. The van der Waals surface area contributed by atoms with Crippen molar-refractivity contribution in [1.29, 1.82) is 0 Å². The van der Waals surface area contributed by atoms with Crippen LogP contribution in [-0.2, 0) is 22.4 Å². The highest BCUT2D eigenvalue weighted by Gasteiger charge is 2.22. The molecule has 0 fully saturated rings. The molecule has 1 aliphatic rings. The number of carbonyl (C=O) groups excluding carboxylic acids is 2. The SMILES string of the molecule is Cc1ccc([C@@H](C)NC(=O)COC(=O)c2cc3c(s2)CC[C@@H](C)C3)cc1C. The summed E-state index contributed by atoms with van der Waals surface area (Å²) in [5.74, 6) is -0.0336. The number of benzene rings is 1. The van der Waals surface area contributed by atoms with Gasteiger partial charge in [-0.05, 0) is 74.3 Å². The second kappa shape index (κ2) is 8.26. The van der Waals surface area contributed by atoms with Gasteiger partial charge in [-0.3, -0.25) is 4.79 Å². The van der Waals surface area contributed by atoms with Crippen molar-refractivity contribution in [2.45, 2.75) is 53.0 Å². The van der Waals surface area contributed by atoms with Crippen LogP contribution in [0.25, 0.3) is 0 Å². The molecule has 1 aromatic heterocycles. The Balaban J connectivity index is 1.52. The summed E-state index contributed by atoms with van der Waals surface area (Å²) in [4.78, 5) is 26.3. The Labute approximate surface area is 164 Å². The minimum atomic E-state index is -0.406. The first-order chi connectivity index (χ1) is 12.8. The zero-order valence-corrected chi connectivity index (χ0v) is 17.2. The first-order valence-corrected chi connectivity index (χ1v) is 10.3. The van der Waals surface area contributed by atoms with Gasteiger partial charge in [0, 0.05) is 4.88 Å². The normalized spacial score (nSPS) is 17.1. The Morgan fingerprint density at radius 1 is 1.26 bits per heavy atom. The van der Waals surface area contributed by atoms with Gasteiger partial charge >= 0.3 is 5.97 Å². The van der Waals surface area contributed by atoms with Crippen LogP contribution in [-0.4, -0.2) is 18.5 Å². The van der Waals surface area contributed by atoms with E-state index in [2.05, 4.69) is 32.2 Å². The minimum Gasteiger partial charge on any atom is -0.451 e. The molecule has 27 heavy (non-hydrogen) atoms. The van der Waals surface area contributed by atoms with Gasteiger partial charge in [-0.2, -0.15) is 0 Å². The molecule has 0 saturated heterocycles. The Kier molecular flexibility index (Phi) is 6.00. The third-order valence-corrected chi connectivity index (χ3v) is 6.49. The lowest BCUT2D eigenvalue weighted by Crippen LogP contribution is -2.31. The van der Waals surface area contributed by atoms with Gasteiger partial charge in [0.15, 0.2) is 6.61 Å². The molecule has 144 valence electrons. The van der Waals surface area contributed by atoms with E-state index in [1.54, 1.807) is 0 Å². The van der Waals surface area contributed by atoms with Crippen molar-refractivity contribution in [1.82, 2.24) is 5.32 Å². The summed E-state index contributed by atoms with van der Waals surface area (Å²) in [7, 11) is 0. The van der Waals surface area contributed by atoms with Crippen molar-refractivity contribution in [3.05, 3.63) is 56.3 Å². The highest BCUT2D eigenvalue weighted by atomic mass is 32.1. The standard InChI is InChI=1S/C22H27NO3S/c1-13-5-8-19-18(9-13)11-20(27-19)22(25)26-12-21(24)23-16(4)17-7-6-14(2)15(3)10-17/h6-7,10-11,13,16H,5,8-9,12H2,1-4H3,(H,23,24)/t13-,16-/m1/s1. The summed E-state index contributed by atoms with van der Waals surface area (Å²) in [5, 5.41) is 2.89. The lowest BCUT2D eigenvalue weighted by atomic mass is 9.90. The number of thiophene rings is 1. The van der Waals surface area contributed by atoms with Crippen LogP contribution in [0.2, 0.25) is 0 Å². The number of ether oxygens (including phenoxy) is 1. The van der Waals surface area contributed by atoms with Crippen molar-refractivity contribution < 1.29 is 14.3 Å². The highest BCUT2D eigenvalue weighted by molar-refractivity contribution is 7.14. The van der Waals surface area contributed by atoms with Gasteiger partial charge in [0.2, 0.25) is 0 Å². The van der Waals surface area contributed by atoms with Gasteiger partial charge < -0.3 is 10.1 Å². The van der Waals surface area contributed by atoms with Gasteiger partial charge in [0.05, 0.1) is 6.04 Å². The average Bonchev–Trinajstić information content (AvgIpc) is 3.05. The lowest BCUT2D eigenvalue weighted by molar-refractivity contribution is -0.124. The molecule has 0 unspecified atom stereocenters. The molecular weight excluding hydrogens is 358 g/mol. The highest BCUT2D eigenvalue weighted by Crippen LogP contribution is 2.32. The first kappa shape index (κ1) is 19.6. The largest absolute Gasteiger partial charge is 0.451 e. The topological polar surface area (TPSA) is 55.4 Å². The lowest BCUT2D eigenvalue weighted by Gasteiger charge is -2.16. The summed E-state index contributed by atoms with van der Waals surface area (Å²) in [6, 6.07) is 7.94. The van der Waals surface area contributed by atoms with Crippen molar-refractivity contribution in [3.8, 4) is 0 Å². The number of aryl methyl sites for hydroxylation is 3. The fraction of sp³-hybridized carbons (Fsp3) is 0.455. The molecule has 0 radical (unpaired) electrons. The quantitative estimate of drug-likeness (QED) is 0.770. The van der Waals surface area contributed by atoms with Crippen LogP contribution < -0.4 is 5.32 Å². The molecule has 3 rings (SSSR count). The van der Waals surface area contributed by atoms with E-state index in [0.29, 0.717) is 10.8 Å². The molecule has 1 N–H and O–H groups in total. The molecule has 4 nitrogen and oxygen atoms in total. The molecule has 0 spiro atoms. The second-order valence-corrected chi connectivity index (χ2v) is 8.75. The molecule has 1 heterocycles. The zero-order valence-electron chi connectivity index (χ0n) is 16.4. The van der Waals surface area contributed by atoms with E-state index in [1.807, 2.05) is 25.1 Å². The summed E-state index contributed by atoms with van der Waals surface area (Å²) in [5.41, 5.74) is 4.71. The predicted octanol–water partition coefficient (Wildman–Crippen LogP) is 4.52. The van der Waals surface area contributed by atoms with Crippen molar-refractivity contribution in [3.63, 3.8) is 0 Å². The number of hydrogen-bond acceptors (Lipinski definition) is 4. The molecule has 5 heteroatoms. The molecule has 1 amide bonds. The Bertz CT molecular complexity index is 855. The Hall–Kier alpha value is -2.14. The van der Waals surface area contributed by atoms with Gasteiger partial charge in [-0.25, -0.2) is 4.79 Å². The summed E-state index contributed by atoms with van der Waals surface area (Å²) in [6.07, 6.45) is 3.22. The first-order valence-electron chi connectivity index (χ1n) is 9.48. The smallest absolute Gasteiger partial charge is 0.348 e. The molecule has 0 aliphatic heterocycles. The van der Waals surface area contributed by atoms with Crippen LogP contribution in [0.1, 0.15) is 63.1 Å². The number of nitrogens with one attached hydrogen (secondary N) is 1. The predicted molar refractivity (Wildman–Crippen MR) is 108 cm³/mol. The summed E-state index contributed by atoms with van der Waals surface area (Å²) >= 11 is 1.50. The van der Waals surface area contributed by atoms with Crippen molar-refractivity contribution in [2.24, 2.45) is 5.92 Å². The molecule has 1 aromatic carbocycles. The zero-order chi connectivity index (χ0) is 19.6. The molecule has 1 aliphatic carbocycles. The van der Waals surface area contributed by atoms with Crippen LogP contribution in [0.15, 0.2) is 24.3 Å². The number of amides is 1.